The maximum Gasteiger partial charge on any atom is 0.344 e. The number of carbonyl (C=O) groups is 1. The van der Waals surface area contributed by atoms with Crippen molar-refractivity contribution in [2.24, 2.45) is 0 Å². The molecule has 3 aromatic rings. The molecule has 8 heteroatoms. The first-order valence-corrected chi connectivity index (χ1v) is 8.29. The zero-order valence-electron chi connectivity index (χ0n) is 12.7. The van der Waals surface area contributed by atoms with Crippen molar-refractivity contribution in [3.8, 4) is 5.75 Å². The lowest BCUT2D eigenvalue weighted by molar-refractivity contribution is -0.147. The van der Waals surface area contributed by atoms with Crippen molar-refractivity contribution < 1.29 is 14.3 Å². The maximum atomic E-state index is 12.0. The molecule has 0 aliphatic carbocycles. The van der Waals surface area contributed by atoms with E-state index in [0.29, 0.717) is 21.4 Å². The van der Waals surface area contributed by atoms with Crippen LogP contribution in [0.5, 0.6) is 5.75 Å². The van der Waals surface area contributed by atoms with Crippen LogP contribution >= 0.6 is 22.9 Å². The minimum atomic E-state index is -0.556. The molecule has 2 aromatic heterocycles. The predicted octanol–water partition coefficient (Wildman–Crippen LogP) is 2.84. The largest absolute Gasteiger partial charge is 0.482 e. The molecule has 0 atom stereocenters. The standard InChI is InChI=1S/C16H13ClN2O4S/c1-10-9-24-16-18-12(6-14(20)19(10)16)7-23-15(21)8-22-13-4-2-3-11(17)5-13/h2-6,9H,7-8H2,1H3. The molecule has 124 valence electrons. The number of benzene rings is 1. The zero-order chi connectivity index (χ0) is 17.1. The summed E-state index contributed by atoms with van der Waals surface area (Å²) >= 11 is 7.19. The molecule has 2 heterocycles. The van der Waals surface area contributed by atoms with Crippen LogP contribution in [-0.2, 0) is 16.1 Å². The van der Waals surface area contributed by atoms with Crippen molar-refractivity contribution in [3.05, 3.63) is 62.5 Å². The highest BCUT2D eigenvalue weighted by Gasteiger charge is 2.09. The summed E-state index contributed by atoms with van der Waals surface area (Å²) in [4.78, 5) is 28.6. The summed E-state index contributed by atoms with van der Waals surface area (Å²) in [5, 5.41) is 2.36. The second kappa shape index (κ2) is 7.02. The molecule has 0 aliphatic rings. The molecule has 0 bridgehead atoms. The van der Waals surface area contributed by atoms with Crippen LogP contribution in [0.3, 0.4) is 0 Å². The zero-order valence-corrected chi connectivity index (χ0v) is 14.3. The van der Waals surface area contributed by atoms with Gasteiger partial charge in [-0.2, -0.15) is 0 Å². The smallest absolute Gasteiger partial charge is 0.344 e. The van der Waals surface area contributed by atoms with Gasteiger partial charge in [0.2, 0.25) is 0 Å². The van der Waals surface area contributed by atoms with Crippen LogP contribution in [0, 0.1) is 6.92 Å². The number of ether oxygens (including phenoxy) is 2. The van der Waals surface area contributed by atoms with Gasteiger partial charge in [0.05, 0.1) is 5.69 Å². The number of hydrogen-bond donors (Lipinski definition) is 0. The summed E-state index contributed by atoms with van der Waals surface area (Å²) in [7, 11) is 0. The van der Waals surface area contributed by atoms with E-state index in [-0.39, 0.29) is 18.8 Å². The van der Waals surface area contributed by atoms with Crippen LogP contribution < -0.4 is 10.3 Å². The van der Waals surface area contributed by atoms with E-state index in [0.717, 1.165) is 5.69 Å². The number of aromatic nitrogens is 2. The molecule has 1 aromatic carbocycles. The number of esters is 1. The lowest BCUT2D eigenvalue weighted by Crippen LogP contribution is -2.18. The first-order chi connectivity index (χ1) is 11.5. The molecule has 3 rings (SSSR count). The summed E-state index contributed by atoms with van der Waals surface area (Å²) in [6.07, 6.45) is 0. The summed E-state index contributed by atoms with van der Waals surface area (Å²) in [5.74, 6) is -0.0781. The number of hydrogen-bond acceptors (Lipinski definition) is 6. The third-order valence-electron chi connectivity index (χ3n) is 3.16. The van der Waals surface area contributed by atoms with Crippen molar-refractivity contribution in [1.29, 1.82) is 0 Å². The first-order valence-electron chi connectivity index (χ1n) is 7.04. The number of halogens is 1. The monoisotopic (exact) mass is 364 g/mol. The Morgan fingerprint density at radius 2 is 2.21 bits per heavy atom. The van der Waals surface area contributed by atoms with Crippen LogP contribution in [0.15, 0.2) is 40.5 Å². The quantitative estimate of drug-likeness (QED) is 0.651. The van der Waals surface area contributed by atoms with Gasteiger partial charge >= 0.3 is 5.97 Å². The highest BCUT2D eigenvalue weighted by Crippen LogP contribution is 2.17. The highest BCUT2D eigenvalue weighted by molar-refractivity contribution is 7.15. The number of fused-ring (bicyclic) bond motifs is 1. The number of aryl methyl sites for hydroxylation is 1. The second-order valence-electron chi connectivity index (χ2n) is 4.99. The molecule has 0 aliphatic heterocycles. The molecule has 6 nitrogen and oxygen atoms in total. The Morgan fingerprint density at radius 3 is 3.00 bits per heavy atom. The van der Waals surface area contributed by atoms with Gasteiger partial charge in [-0.3, -0.25) is 9.20 Å². The second-order valence-corrected chi connectivity index (χ2v) is 6.26. The number of rotatable bonds is 5. The third kappa shape index (κ3) is 3.74. The summed E-state index contributed by atoms with van der Waals surface area (Å²) in [5.41, 5.74) is 1.03. The Hall–Kier alpha value is -2.38. The van der Waals surface area contributed by atoms with Crippen LogP contribution in [-0.4, -0.2) is 22.0 Å². The third-order valence-corrected chi connectivity index (χ3v) is 4.34. The van der Waals surface area contributed by atoms with Gasteiger partial charge in [0, 0.05) is 22.2 Å². The molecular weight excluding hydrogens is 352 g/mol. The van der Waals surface area contributed by atoms with E-state index in [2.05, 4.69) is 4.98 Å². The van der Waals surface area contributed by atoms with Gasteiger partial charge in [-0.15, -0.1) is 11.3 Å². The molecule has 0 unspecified atom stereocenters. The van der Waals surface area contributed by atoms with E-state index in [4.69, 9.17) is 21.1 Å². The van der Waals surface area contributed by atoms with Gasteiger partial charge in [-0.1, -0.05) is 17.7 Å². The number of nitrogens with zero attached hydrogens (tertiary/aromatic N) is 2. The lowest BCUT2D eigenvalue weighted by atomic mass is 10.3. The van der Waals surface area contributed by atoms with Crippen LogP contribution in [0.4, 0.5) is 0 Å². The molecule has 0 saturated heterocycles. The van der Waals surface area contributed by atoms with Crippen LogP contribution in [0.1, 0.15) is 11.4 Å². The predicted molar refractivity (Wildman–Crippen MR) is 90.8 cm³/mol. The van der Waals surface area contributed by atoms with Crippen molar-refractivity contribution in [2.75, 3.05) is 6.61 Å². The van der Waals surface area contributed by atoms with E-state index in [1.54, 1.807) is 24.3 Å². The van der Waals surface area contributed by atoms with E-state index < -0.39 is 5.97 Å². The first kappa shape index (κ1) is 16.5. The van der Waals surface area contributed by atoms with Gasteiger partial charge in [-0.05, 0) is 25.1 Å². The number of carbonyl (C=O) groups excluding carboxylic acids is 1. The molecule has 24 heavy (non-hydrogen) atoms. The average Bonchev–Trinajstić information content (AvgIpc) is 2.93. The topological polar surface area (TPSA) is 69.9 Å². The summed E-state index contributed by atoms with van der Waals surface area (Å²) in [6, 6.07) is 8.08. The van der Waals surface area contributed by atoms with Gasteiger partial charge < -0.3 is 9.47 Å². The Bertz CT molecular complexity index is 951. The summed E-state index contributed by atoms with van der Waals surface area (Å²) < 4.78 is 11.9. The summed E-state index contributed by atoms with van der Waals surface area (Å²) in [6.45, 7) is 1.50. The van der Waals surface area contributed by atoms with Crippen molar-refractivity contribution in [2.45, 2.75) is 13.5 Å². The van der Waals surface area contributed by atoms with E-state index >= 15 is 0 Å². The molecule has 0 saturated carbocycles. The molecule has 0 radical (unpaired) electrons. The highest BCUT2D eigenvalue weighted by atomic mass is 35.5. The van der Waals surface area contributed by atoms with Crippen molar-refractivity contribution >= 4 is 33.9 Å². The Kier molecular flexibility index (Phi) is 4.82. The van der Waals surface area contributed by atoms with Crippen LogP contribution in [0.2, 0.25) is 5.02 Å². The van der Waals surface area contributed by atoms with Gasteiger partial charge in [-0.25, -0.2) is 9.78 Å². The maximum absolute atomic E-state index is 12.0. The normalized spacial score (nSPS) is 10.8. The van der Waals surface area contributed by atoms with Crippen LogP contribution in [0.25, 0.3) is 4.96 Å². The fourth-order valence-corrected chi connectivity index (χ4v) is 3.14. The fraction of sp³-hybridized carbons (Fsp3) is 0.188. The molecule has 0 amide bonds. The number of thiazole rings is 1. The average molecular weight is 365 g/mol. The Balaban J connectivity index is 1.59. The SMILES string of the molecule is Cc1csc2nc(COC(=O)COc3cccc(Cl)c3)cc(=O)n12. The molecule has 0 N–H and O–H groups in total. The van der Waals surface area contributed by atoms with Gasteiger partial charge in [0.15, 0.2) is 11.6 Å². The van der Waals surface area contributed by atoms with Crippen molar-refractivity contribution in [1.82, 2.24) is 9.38 Å². The van der Waals surface area contributed by atoms with Gasteiger partial charge in [0.25, 0.3) is 5.56 Å². The molecule has 0 fully saturated rings. The Morgan fingerprint density at radius 1 is 1.38 bits per heavy atom. The van der Waals surface area contributed by atoms with E-state index in [1.165, 1.54) is 21.8 Å². The minimum Gasteiger partial charge on any atom is -0.482 e. The molecule has 0 spiro atoms. The minimum absolute atomic E-state index is 0.0829. The van der Waals surface area contributed by atoms with Crippen molar-refractivity contribution in [3.63, 3.8) is 0 Å². The van der Waals surface area contributed by atoms with E-state index in [1.807, 2.05) is 12.3 Å². The Labute approximate surface area is 146 Å². The lowest BCUT2D eigenvalue weighted by Gasteiger charge is -2.07. The van der Waals surface area contributed by atoms with Gasteiger partial charge in [0.1, 0.15) is 12.4 Å². The van der Waals surface area contributed by atoms with E-state index in [9.17, 15) is 9.59 Å². The fourth-order valence-electron chi connectivity index (χ4n) is 2.07. The molecular formula is C16H13ClN2O4S.